The lowest BCUT2D eigenvalue weighted by molar-refractivity contribution is -0.145. The van der Waals surface area contributed by atoms with E-state index in [2.05, 4.69) is 5.32 Å². The molecule has 1 atom stereocenters. The van der Waals surface area contributed by atoms with Crippen molar-refractivity contribution in [2.24, 2.45) is 0 Å². The molecule has 1 amide bonds. The Hall–Kier alpha value is -2.57. The van der Waals surface area contributed by atoms with Gasteiger partial charge in [0, 0.05) is 12.5 Å². The van der Waals surface area contributed by atoms with Gasteiger partial charge in [0.15, 0.2) is 0 Å². The largest absolute Gasteiger partial charge is 0.481 e. The van der Waals surface area contributed by atoms with Crippen LogP contribution in [-0.4, -0.2) is 34.8 Å². The highest BCUT2D eigenvalue weighted by Crippen LogP contribution is 2.10. The molecule has 7 heteroatoms. The molecule has 0 aromatic heterocycles. The van der Waals surface area contributed by atoms with E-state index < -0.39 is 29.7 Å². The second-order valence-corrected chi connectivity index (χ2v) is 6.63. The lowest BCUT2D eigenvalue weighted by Gasteiger charge is -2.22. The van der Waals surface area contributed by atoms with Crippen molar-refractivity contribution >= 4 is 18.0 Å². The van der Waals surface area contributed by atoms with Crippen LogP contribution in [0.25, 0.3) is 0 Å². The average Bonchev–Trinajstić information content (AvgIpc) is 2.49. The summed E-state index contributed by atoms with van der Waals surface area (Å²) in [4.78, 5) is 34.5. The summed E-state index contributed by atoms with van der Waals surface area (Å²) in [6, 6.07) is 8.52. The summed E-state index contributed by atoms with van der Waals surface area (Å²) in [5.74, 6) is -1.52. The molecule has 0 heterocycles. The number of nitrogens with one attached hydrogen (secondary N) is 1. The number of hydrogen-bond acceptors (Lipinski definition) is 5. The van der Waals surface area contributed by atoms with Crippen molar-refractivity contribution in [1.82, 2.24) is 5.32 Å². The van der Waals surface area contributed by atoms with Crippen LogP contribution in [0.3, 0.4) is 0 Å². The zero-order valence-electron chi connectivity index (χ0n) is 14.8. The second kappa shape index (κ2) is 9.66. The van der Waals surface area contributed by atoms with Gasteiger partial charge in [0.2, 0.25) is 0 Å². The van der Waals surface area contributed by atoms with Crippen LogP contribution >= 0.6 is 0 Å². The van der Waals surface area contributed by atoms with E-state index in [1.165, 1.54) is 0 Å². The van der Waals surface area contributed by atoms with Gasteiger partial charge >= 0.3 is 18.0 Å². The van der Waals surface area contributed by atoms with Gasteiger partial charge in [0.1, 0.15) is 12.2 Å². The first-order valence-corrected chi connectivity index (χ1v) is 8.06. The van der Waals surface area contributed by atoms with Crippen LogP contribution in [0, 0.1) is 0 Å². The van der Waals surface area contributed by atoms with Crippen molar-refractivity contribution in [2.45, 2.75) is 58.3 Å². The molecule has 0 aliphatic carbocycles. The van der Waals surface area contributed by atoms with Crippen LogP contribution in [0.5, 0.6) is 0 Å². The molecule has 1 aromatic rings. The van der Waals surface area contributed by atoms with E-state index in [0.717, 1.165) is 5.56 Å². The number of carbonyl (C=O) groups excluding carboxylic acids is 2. The van der Waals surface area contributed by atoms with Crippen LogP contribution in [0.4, 0.5) is 4.79 Å². The van der Waals surface area contributed by atoms with Gasteiger partial charge in [-0.25, -0.2) is 4.79 Å². The molecule has 1 aromatic carbocycles. The first-order chi connectivity index (χ1) is 11.7. The van der Waals surface area contributed by atoms with Crippen molar-refractivity contribution in [2.75, 3.05) is 0 Å². The van der Waals surface area contributed by atoms with E-state index in [4.69, 9.17) is 14.6 Å². The molecule has 0 bridgehead atoms. The zero-order valence-corrected chi connectivity index (χ0v) is 14.8. The molecule has 138 valence electrons. The number of aliphatic carboxylic acids is 1. The summed E-state index contributed by atoms with van der Waals surface area (Å²) >= 11 is 0. The Kier molecular flexibility index (Phi) is 7.91. The summed E-state index contributed by atoms with van der Waals surface area (Å²) in [7, 11) is 0. The molecule has 2 N–H and O–H groups in total. The highest BCUT2D eigenvalue weighted by Gasteiger charge is 2.22. The van der Waals surface area contributed by atoms with E-state index in [1.54, 1.807) is 20.8 Å². The molecular weight excluding hydrogens is 326 g/mol. The smallest absolute Gasteiger partial charge is 0.407 e. The number of rotatable bonds is 8. The first-order valence-electron chi connectivity index (χ1n) is 8.06. The minimum atomic E-state index is -1.07. The van der Waals surface area contributed by atoms with Crippen molar-refractivity contribution in [3.05, 3.63) is 35.9 Å². The molecule has 25 heavy (non-hydrogen) atoms. The van der Waals surface area contributed by atoms with E-state index in [9.17, 15) is 14.4 Å². The van der Waals surface area contributed by atoms with E-state index >= 15 is 0 Å². The Morgan fingerprint density at radius 2 is 1.80 bits per heavy atom. The van der Waals surface area contributed by atoms with Crippen molar-refractivity contribution in [1.29, 1.82) is 0 Å². The quantitative estimate of drug-likeness (QED) is 0.698. The number of carbonyl (C=O) groups is 3. The Bertz CT molecular complexity index is 579. The molecule has 0 aliphatic rings. The van der Waals surface area contributed by atoms with Gasteiger partial charge < -0.3 is 19.9 Å². The fraction of sp³-hybridized carbons (Fsp3) is 0.500. The van der Waals surface area contributed by atoms with Crippen LogP contribution in [0.1, 0.15) is 45.6 Å². The summed E-state index contributed by atoms with van der Waals surface area (Å²) in [6.45, 7) is 5.28. The predicted octanol–water partition coefficient (Wildman–Crippen LogP) is 2.88. The van der Waals surface area contributed by atoms with Crippen LogP contribution < -0.4 is 5.32 Å². The topological polar surface area (TPSA) is 102 Å². The number of carboxylic acid groups (broad SMARTS) is 1. The lowest BCUT2D eigenvalue weighted by Crippen LogP contribution is -2.40. The Labute approximate surface area is 147 Å². The molecular formula is C18H25NO6. The lowest BCUT2D eigenvalue weighted by atomic mass is 10.1. The Balaban J connectivity index is 2.44. The highest BCUT2D eigenvalue weighted by atomic mass is 16.6. The van der Waals surface area contributed by atoms with Crippen molar-refractivity contribution in [3.8, 4) is 0 Å². The Morgan fingerprint density at radius 1 is 1.16 bits per heavy atom. The van der Waals surface area contributed by atoms with Crippen LogP contribution in [0.15, 0.2) is 30.3 Å². The summed E-state index contributed by atoms with van der Waals surface area (Å²) in [5.41, 5.74) is 0.178. The van der Waals surface area contributed by atoms with Gasteiger partial charge in [0.05, 0.1) is 6.42 Å². The van der Waals surface area contributed by atoms with Gasteiger partial charge in [0.25, 0.3) is 0 Å². The maximum absolute atomic E-state index is 11.8. The van der Waals surface area contributed by atoms with Gasteiger partial charge in [-0.15, -0.1) is 0 Å². The van der Waals surface area contributed by atoms with Crippen LogP contribution in [-0.2, 0) is 25.7 Å². The van der Waals surface area contributed by atoms with E-state index in [0.29, 0.717) is 0 Å². The van der Waals surface area contributed by atoms with Gasteiger partial charge in [-0.05, 0) is 32.8 Å². The molecule has 0 spiro atoms. The molecule has 1 unspecified atom stereocenters. The van der Waals surface area contributed by atoms with Crippen molar-refractivity contribution < 1.29 is 29.0 Å². The molecule has 1 rings (SSSR count). The zero-order chi connectivity index (χ0) is 18.9. The number of hydrogen-bond donors (Lipinski definition) is 2. The summed E-state index contributed by atoms with van der Waals surface area (Å²) in [6.07, 6.45) is -0.860. The monoisotopic (exact) mass is 351 g/mol. The second-order valence-electron chi connectivity index (χ2n) is 6.63. The van der Waals surface area contributed by atoms with E-state index in [1.807, 2.05) is 30.3 Å². The number of alkyl carbamates (subject to hydrolysis) is 1. The summed E-state index contributed by atoms with van der Waals surface area (Å²) in [5, 5.41) is 11.4. The molecule has 0 saturated heterocycles. The van der Waals surface area contributed by atoms with Gasteiger partial charge in [-0.1, -0.05) is 30.3 Å². The molecule has 0 aliphatic heterocycles. The average molecular weight is 351 g/mol. The molecule has 0 radical (unpaired) electrons. The summed E-state index contributed by atoms with van der Waals surface area (Å²) < 4.78 is 10.2. The highest BCUT2D eigenvalue weighted by molar-refractivity contribution is 5.72. The third kappa shape index (κ3) is 10.0. The van der Waals surface area contributed by atoms with Gasteiger partial charge in [-0.2, -0.15) is 0 Å². The molecule has 7 nitrogen and oxygen atoms in total. The fourth-order valence-electron chi connectivity index (χ4n) is 2.01. The molecule has 0 saturated carbocycles. The number of esters is 1. The van der Waals surface area contributed by atoms with E-state index in [-0.39, 0.29) is 25.9 Å². The SMILES string of the molecule is CC(C)(C)OC(=O)NC(CCC(=O)OCc1ccccc1)CC(=O)O. The maximum Gasteiger partial charge on any atom is 0.407 e. The maximum atomic E-state index is 11.8. The minimum absolute atomic E-state index is 0.000574. The number of amides is 1. The first kappa shape index (κ1) is 20.5. The Morgan fingerprint density at radius 3 is 2.36 bits per heavy atom. The standard InChI is InChI=1S/C18H25NO6/c1-18(2,3)25-17(23)19-14(11-15(20)21)9-10-16(22)24-12-13-7-5-4-6-8-13/h4-8,14H,9-12H2,1-3H3,(H,19,23)(H,20,21). The number of carboxylic acids is 1. The molecule has 0 fully saturated rings. The third-order valence-corrected chi connectivity index (χ3v) is 3.08. The third-order valence-electron chi connectivity index (χ3n) is 3.08. The fourth-order valence-corrected chi connectivity index (χ4v) is 2.01. The van der Waals surface area contributed by atoms with Crippen LogP contribution in [0.2, 0.25) is 0 Å². The number of ether oxygens (including phenoxy) is 2. The number of benzene rings is 1. The predicted molar refractivity (Wildman–Crippen MR) is 90.9 cm³/mol. The normalized spacial score (nSPS) is 12.1. The minimum Gasteiger partial charge on any atom is -0.481 e. The van der Waals surface area contributed by atoms with Gasteiger partial charge in [-0.3, -0.25) is 9.59 Å². The van der Waals surface area contributed by atoms with Crippen molar-refractivity contribution in [3.63, 3.8) is 0 Å².